The van der Waals surface area contributed by atoms with E-state index in [0.29, 0.717) is 43.5 Å². The van der Waals surface area contributed by atoms with E-state index in [9.17, 15) is 13.2 Å². The molecule has 4 heterocycles. The Kier molecular flexibility index (Phi) is 6.86. The van der Waals surface area contributed by atoms with Crippen molar-refractivity contribution in [3.63, 3.8) is 0 Å². The van der Waals surface area contributed by atoms with Gasteiger partial charge in [-0.25, -0.2) is 13.2 Å². The highest BCUT2D eigenvalue weighted by Gasteiger charge is 2.36. The highest BCUT2D eigenvalue weighted by atomic mass is 32.2. The molecule has 2 saturated heterocycles. The number of hydrogen-bond donors (Lipinski definition) is 1. The second kappa shape index (κ2) is 9.65. The van der Waals surface area contributed by atoms with Crippen molar-refractivity contribution in [1.82, 2.24) is 19.5 Å². The van der Waals surface area contributed by atoms with Crippen molar-refractivity contribution in [3.8, 4) is 0 Å². The number of H-pyrrole nitrogens is 1. The molecule has 0 atom stereocenters. The number of nitrogens with zero attached hydrogens (tertiary/aromatic N) is 5. The molecular formula is C21H30N6O5S. The Balaban J connectivity index is 1.46. The number of anilines is 2. The smallest absolute Gasteiger partial charge is 0.341 e. The van der Waals surface area contributed by atoms with Crippen molar-refractivity contribution in [1.29, 1.82) is 0 Å². The quantitative estimate of drug-likeness (QED) is 0.605. The van der Waals surface area contributed by atoms with Crippen LogP contribution in [-0.4, -0.2) is 93.0 Å². The average Bonchev–Trinajstić information content (AvgIpc) is 3.14. The van der Waals surface area contributed by atoms with Crippen LogP contribution in [0.15, 0.2) is 17.0 Å². The van der Waals surface area contributed by atoms with Gasteiger partial charge in [-0.2, -0.15) is 4.31 Å². The number of sulfonamides is 1. The topological polar surface area (TPSA) is 121 Å². The van der Waals surface area contributed by atoms with Crippen LogP contribution in [-0.2, 0) is 19.5 Å². The summed E-state index contributed by atoms with van der Waals surface area (Å²) in [4.78, 5) is 19.6. The average molecular weight is 479 g/mol. The van der Waals surface area contributed by atoms with Crippen LogP contribution >= 0.6 is 0 Å². The summed E-state index contributed by atoms with van der Waals surface area (Å²) in [6.07, 6.45) is 0. The highest BCUT2D eigenvalue weighted by Crippen LogP contribution is 2.29. The molecule has 2 aliphatic heterocycles. The van der Waals surface area contributed by atoms with Crippen molar-refractivity contribution in [2.24, 2.45) is 0 Å². The first-order chi connectivity index (χ1) is 15.8. The van der Waals surface area contributed by atoms with Crippen LogP contribution in [0.3, 0.4) is 0 Å². The van der Waals surface area contributed by atoms with Crippen LogP contribution in [0.1, 0.15) is 28.7 Å². The molecule has 0 spiro atoms. The maximum atomic E-state index is 13.4. The number of aryl methyl sites for hydroxylation is 2. The number of carbonyl (C=O) groups excluding carboxylic acids is 1. The van der Waals surface area contributed by atoms with E-state index in [-0.39, 0.29) is 30.2 Å². The Labute approximate surface area is 193 Å². The van der Waals surface area contributed by atoms with E-state index < -0.39 is 16.0 Å². The van der Waals surface area contributed by atoms with E-state index in [1.54, 1.807) is 20.8 Å². The fourth-order valence-electron chi connectivity index (χ4n) is 4.26. The van der Waals surface area contributed by atoms with E-state index in [4.69, 9.17) is 9.47 Å². The number of morpholine rings is 1. The number of ether oxygens (including phenoxy) is 2. The molecule has 11 nitrogen and oxygen atoms in total. The minimum Gasteiger partial charge on any atom is -0.462 e. The van der Waals surface area contributed by atoms with Gasteiger partial charge in [0.15, 0.2) is 11.6 Å². The van der Waals surface area contributed by atoms with Gasteiger partial charge in [-0.05, 0) is 32.9 Å². The molecule has 0 radical (unpaired) electrons. The molecule has 0 amide bonds. The molecule has 0 unspecified atom stereocenters. The third kappa shape index (κ3) is 4.68. The molecule has 0 bridgehead atoms. The first kappa shape index (κ1) is 23.5. The zero-order chi connectivity index (χ0) is 23.6. The normalized spacial score (nSPS) is 17.9. The number of rotatable bonds is 6. The zero-order valence-corrected chi connectivity index (χ0v) is 20.0. The predicted octanol–water partition coefficient (Wildman–Crippen LogP) is 0.946. The predicted molar refractivity (Wildman–Crippen MR) is 122 cm³/mol. The molecule has 0 saturated carbocycles. The zero-order valence-electron chi connectivity index (χ0n) is 19.2. The molecule has 12 heteroatoms. The third-order valence-corrected chi connectivity index (χ3v) is 8.00. The highest BCUT2D eigenvalue weighted by molar-refractivity contribution is 7.89. The van der Waals surface area contributed by atoms with Gasteiger partial charge >= 0.3 is 5.97 Å². The molecule has 4 rings (SSSR count). The second-order valence-electron chi connectivity index (χ2n) is 8.04. The van der Waals surface area contributed by atoms with Gasteiger partial charge in [0.1, 0.15) is 10.5 Å². The number of aromatic amines is 1. The van der Waals surface area contributed by atoms with Gasteiger partial charge in [0.25, 0.3) is 0 Å². The summed E-state index contributed by atoms with van der Waals surface area (Å²) in [5.41, 5.74) is 1.00. The Hall–Kier alpha value is -2.70. The Bertz CT molecular complexity index is 1090. The first-order valence-electron chi connectivity index (χ1n) is 11.1. The summed E-state index contributed by atoms with van der Waals surface area (Å²) in [7, 11) is -3.87. The minimum absolute atomic E-state index is 0.00144. The summed E-state index contributed by atoms with van der Waals surface area (Å²) in [6, 6.07) is 3.86. The summed E-state index contributed by atoms with van der Waals surface area (Å²) in [5, 5.41) is 8.70. The van der Waals surface area contributed by atoms with Crippen LogP contribution in [0.5, 0.6) is 0 Å². The summed E-state index contributed by atoms with van der Waals surface area (Å²) >= 11 is 0. The number of hydrogen-bond acceptors (Lipinski definition) is 9. The summed E-state index contributed by atoms with van der Waals surface area (Å²) in [5.74, 6) is 0.894. The van der Waals surface area contributed by atoms with Crippen molar-refractivity contribution in [3.05, 3.63) is 29.1 Å². The van der Waals surface area contributed by atoms with Gasteiger partial charge < -0.3 is 24.3 Å². The minimum atomic E-state index is -3.87. The third-order valence-electron chi connectivity index (χ3n) is 5.93. The van der Waals surface area contributed by atoms with Crippen LogP contribution < -0.4 is 9.80 Å². The number of nitrogens with one attached hydrogen (secondary N) is 1. The molecule has 2 aromatic rings. The molecule has 180 valence electrons. The van der Waals surface area contributed by atoms with Crippen LogP contribution in [0.25, 0.3) is 0 Å². The molecule has 33 heavy (non-hydrogen) atoms. The lowest BCUT2D eigenvalue weighted by molar-refractivity contribution is 0.0521. The number of carbonyl (C=O) groups is 1. The maximum Gasteiger partial charge on any atom is 0.341 e. The number of aromatic nitrogens is 3. The van der Waals surface area contributed by atoms with Gasteiger partial charge in [-0.3, -0.25) is 0 Å². The largest absolute Gasteiger partial charge is 0.462 e. The monoisotopic (exact) mass is 478 g/mol. The lowest BCUT2D eigenvalue weighted by Gasteiger charge is -2.34. The number of esters is 1. The van der Waals surface area contributed by atoms with E-state index >= 15 is 0 Å². The van der Waals surface area contributed by atoms with E-state index in [0.717, 1.165) is 18.9 Å². The molecule has 1 N–H and O–H groups in total. The van der Waals surface area contributed by atoms with Gasteiger partial charge in [-0.15, -0.1) is 10.2 Å². The van der Waals surface area contributed by atoms with Crippen molar-refractivity contribution >= 4 is 27.6 Å². The van der Waals surface area contributed by atoms with Crippen molar-refractivity contribution in [2.45, 2.75) is 25.7 Å². The van der Waals surface area contributed by atoms with E-state index in [1.807, 2.05) is 17.0 Å². The Morgan fingerprint density at radius 1 is 1.00 bits per heavy atom. The Morgan fingerprint density at radius 3 is 2.12 bits per heavy atom. The fraction of sp³-hybridized carbons (Fsp3) is 0.571. The summed E-state index contributed by atoms with van der Waals surface area (Å²) in [6.45, 7) is 9.64. The van der Waals surface area contributed by atoms with Crippen LogP contribution in [0.2, 0.25) is 0 Å². The maximum absolute atomic E-state index is 13.4. The summed E-state index contributed by atoms with van der Waals surface area (Å²) < 4.78 is 38.8. The van der Waals surface area contributed by atoms with Gasteiger partial charge in [0.05, 0.1) is 19.8 Å². The van der Waals surface area contributed by atoms with Crippen LogP contribution in [0.4, 0.5) is 11.6 Å². The lowest BCUT2D eigenvalue weighted by Crippen LogP contribution is -2.49. The van der Waals surface area contributed by atoms with E-state index in [1.165, 1.54) is 4.31 Å². The first-order valence-corrected chi connectivity index (χ1v) is 12.5. The van der Waals surface area contributed by atoms with Crippen molar-refractivity contribution in [2.75, 3.05) is 68.9 Å². The van der Waals surface area contributed by atoms with Gasteiger partial charge in [-0.1, -0.05) is 0 Å². The molecule has 2 aromatic heterocycles. The van der Waals surface area contributed by atoms with Gasteiger partial charge in [0, 0.05) is 50.7 Å². The number of piperazine rings is 1. The van der Waals surface area contributed by atoms with Gasteiger partial charge in [0.2, 0.25) is 10.0 Å². The lowest BCUT2D eigenvalue weighted by atomic mass is 10.2. The molecular weight excluding hydrogens is 448 g/mol. The molecule has 2 aliphatic rings. The van der Waals surface area contributed by atoms with E-state index in [2.05, 4.69) is 20.1 Å². The van der Waals surface area contributed by atoms with Crippen molar-refractivity contribution < 1.29 is 22.7 Å². The molecule has 2 fully saturated rings. The fourth-order valence-corrected chi connectivity index (χ4v) is 6.10. The standard InChI is InChI=1S/C21H30N6O5S/c1-4-32-21(28)19-15(2)22-16(3)20(19)33(29,30)27-9-7-25(8-10-27)17-5-6-18(24-23-17)26-11-13-31-14-12-26/h5-6,22H,4,7-14H2,1-3H3. The SMILES string of the molecule is CCOC(=O)c1c(C)[nH]c(C)c1S(=O)(=O)N1CCN(c2ccc(N3CCOCC3)nn2)CC1. The van der Waals surface area contributed by atoms with Crippen LogP contribution in [0, 0.1) is 13.8 Å². The second-order valence-corrected chi connectivity index (χ2v) is 9.91. The Morgan fingerprint density at radius 2 is 1.58 bits per heavy atom. The molecule has 0 aliphatic carbocycles. The molecule has 0 aromatic carbocycles.